The van der Waals surface area contributed by atoms with Gasteiger partial charge in [0.2, 0.25) is 0 Å². The molecule has 21 heavy (non-hydrogen) atoms. The van der Waals surface area contributed by atoms with Gasteiger partial charge in [-0.1, -0.05) is 0 Å². The molecule has 0 aliphatic carbocycles. The Morgan fingerprint density at radius 1 is 1.38 bits per heavy atom. The van der Waals surface area contributed by atoms with Crippen LogP contribution in [0.15, 0.2) is 18.2 Å². The summed E-state index contributed by atoms with van der Waals surface area (Å²) in [7, 11) is 1.52. The van der Waals surface area contributed by atoms with Crippen LogP contribution in [0.5, 0.6) is 5.75 Å². The van der Waals surface area contributed by atoms with Crippen LogP contribution in [-0.4, -0.2) is 38.4 Å². The van der Waals surface area contributed by atoms with Crippen molar-refractivity contribution in [1.29, 1.82) is 0 Å². The highest BCUT2D eigenvalue weighted by Gasteiger charge is 2.18. The van der Waals surface area contributed by atoms with Gasteiger partial charge in [-0.05, 0) is 32.9 Å². The lowest BCUT2D eigenvalue weighted by molar-refractivity contribution is -0.131. The Kier molecular flexibility index (Phi) is 6.98. The summed E-state index contributed by atoms with van der Waals surface area (Å²) in [4.78, 5) is 12.1. The van der Waals surface area contributed by atoms with E-state index in [1.807, 2.05) is 13.8 Å². The number of hydrogen-bond acceptors (Lipinski definition) is 5. The quantitative estimate of drug-likeness (QED) is 0.717. The van der Waals surface area contributed by atoms with Crippen molar-refractivity contribution < 1.29 is 19.0 Å². The second kappa shape index (κ2) is 8.49. The molecular weight excluding hydrogens is 272 g/mol. The molecule has 6 nitrogen and oxygen atoms in total. The SMILES string of the molecule is CCOCC(C)OC(C)C(=O)Nc1ccc(N)cc1OC. The van der Waals surface area contributed by atoms with Gasteiger partial charge < -0.3 is 25.3 Å². The van der Waals surface area contributed by atoms with Crippen LogP contribution >= 0.6 is 0 Å². The van der Waals surface area contributed by atoms with E-state index in [0.29, 0.717) is 30.3 Å². The molecule has 0 heterocycles. The van der Waals surface area contributed by atoms with Crippen molar-refractivity contribution in [3.05, 3.63) is 18.2 Å². The van der Waals surface area contributed by atoms with Crippen molar-refractivity contribution >= 4 is 17.3 Å². The van der Waals surface area contributed by atoms with Crippen molar-refractivity contribution in [2.24, 2.45) is 0 Å². The van der Waals surface area contributed by atoms with Gasteiger partial charge in [-0.3, -0.25) is 4.79 Å². The summed E-state index contributed by atoms with van der Waals surface area (Å²) < 4.78 is 16.0. The first-order chi connectivity index (χ1) is 9.97. The zero-order valence-corrected chi connectivity index (χ0v) is 13.0. The molecule has 3 N–H and O–H groups in total. The maximum Gasteiger partial charge on any atom is 0.253 e. The number of anilines is 2. The molecule has 0 spiro atoms. The first-order valence-corrected chi connectivity index (χ1v) is 6.95. The van der Waals surface area contributed by atoms with E-state index in [4.69, 9.17) is 19.9 Å². The third-order valence-electron chi connectivity index (χ3n) is 2.85. The molecule has 2 unspecified atom stereocenters. The van der Waals surface area contributed by atoms with Crippen LogP contribution in [0.2, 0.25) is 0 Å². The minimum atomic E-state index is -0.595. The van der Waals surface area contributed by atoms with Crippen molar-refractivity contribution in [3.63, 3.8) is 0 Å². The highest BCUT2D eigenvalue weighted by Crippen LogP contribution is 2.26. The normalized spacial score (nSPS) is 13.5. The van der Waals surface area contributed by atoms with E-state index in [9.17, 15) is 4.79 Å². The third kappa shape index (κ3) is 5.61. The molecule has 6 heteroatoms. The van der Waals surface area contributed by atoms with Gasteiger partial charge in [0.1, 0.15) is 11.9 Å². The zero-order chi connectivity index (χ0) is 15.8. The molecule has 0 saturated carbocycles. The van der Waals surface area contributed by atoms with Crippen LogP contribution in [-0.2, 0) is 14.3 Å². The summed E-state index contributed by atoms with van der Waals surface area (Å²) in [5, 5.41) is 2.76. The number of hydrogen-bond donors (Lipinski definition) is 2. The van der Waals surface area contributed by atoms with E-state index in [2.05, 4.69) is 5.32 Å². The molecule has 0 bridgehead atoms. The number of carbonyl (C=O) groups excluding carboxylic acids is 1. The number of methoxy groups -OCH3 is 1. The third-order valence-corrected chi connectivity index (χ3v) is 2.85. The van der Waals surface area contributed by atoms with Gasteiger partial charge in [-0.2, -0.15) is 0 Å². The molecule has 0 fully saturated rings. The van der Waals surface area contributed by atoms with Gasteiger partial charge in [-0.15, -0.1) is 0 Å². The first kappa shape index (κ1) is 17.3. The molecule has 1 aromatic rings. The van der Waals surface area contributed by atoms with Gasteiger partial charge in [0.05, 0.1) is 25.5 Å². The number of carbonyl (C=O) groups is 1. The molecule has 1 amide bonds. The molecule has 1 rings (SSSR count). The van der Waals surface area contributed by atoms with Gasteiger partial charge in [0, 0.05) is 18.4 Å². The van der Waals surface area contributed by atoms with Crippen LogP contribution in [0, 0.1) is 0 Å². The lowest BCUT2D eigenvalue weighted by Crippen LogP contribution is -2.32. The van der Waals surface area contributed by atoms with E-state index in [-0.39, 0.29) is 12.0 Å². The van der Waals surface area contributed by atoms with Crippen molar-refractivity contribution in [3.8, 4) is 5.75 Å². The van der Waals surface area contributed by atoms with Gasteiger partial charge >= 0.3 is 0 Å². The average Bonchev–Trinajstić information content (AvgIpc) is 2.46. The summed E-state index contributed by atoms with van der Waals surface area (Å²) >= 11 is 0. The van der Waals surface area contributed by atoms with Gasteiger partial charge in [0.25, 0.3) is 5.91 Å². The molecule has 0 aliphatic rings. The van der Waals surface area contributed by atoms with Crippen LogP contribution in [0.4, 0.5) is 11.4 Å². The van der Waals surface area contributed by atoms with Crippen molar-refractivity contribution in [2.45, 2.75) is 33.0 Å². The Labute approximate surface area is 125 Å². The monoisotopic (exact) mass is 296 g/mol. The van der Waals surface area contributed by atoms with Crippen LogP contribution < -0.4 is 15.8 Å². The predicted molar refractivity (Wildman–Crippen MR) is 82.5 cm³/mol. The smallest absolute Gasteiger partial charge is 0.253 e. The lowest BCUT2D eigenvalue weighted by atomic mass is 10.2. The van der Waals surface area contributed by atoms with Crippen LogP contribution in [0.25, 0.3) is 0 Å². The van der Waals surface area contributed by atoms with E-state index < -0.39 is 6.10 Å². The maximum absolute atomic E-state index is 12.1. The fourth-order valence-corrected chi connectivity index (χ4v) is 1.78. The van der Waals surface area contributed by atoms with Crippen molar-refractivity contribution in [2.75, 3.05) is 31.4 Å². The van der Waals surface area contributed by atoms with Gasteiger partial charge in [0.15, 0.2) is 0 Å². The van der Waals surface area contributed by atoms with Crippen LogP contribution in [0.1, 0.15) is 20.8 Å². The summed E-state index contributed by atoms with van der Waals surface area (Å²) in [6, 6.07) is 5.04. The molecule has 0 saturated heterocycles. The number of nitrogen functional groups attached to an aromatic ring is 1. The summed E-state index contributed by atoms with van der Waals surface area (Å²) in [5.41, 5.74) is 6.80. The fourth-order valence-electron chi connectivity index (χ4n) is 1.78. The minimum absolute atomic E-state index is 0.154. The molecule has 0 aromatic heterocycles. The zero-order valence-electron chi connectivity index (χ0n) is 13.0. The number of nitrogens with one attached hydrogen (secondary N) is 1. The highest BCUT2D eigenvalue weighted by molar-refractivity contribution is 5.95. The Morgan fingerprint density at radius 3 is 2.71 bits per heavy atom. The Hall–Kier alpha value is -1.79. The summed E-state index contributed by atoms with van der Waals surface area (Å²) in [6.45, 7) is 6.55. The number of ether oxygens (including phenoxy) is 3. The Morgan fingerprint density at radius 2 is 2.10 bits per heavy atom. The minimum Gasteiger partial charge on any atom is -0.494 e. The van der Waals surface area contributed by atoms with Gasteiger partial charge in [-0.25, -0.2) is 0 Å². The number of nitrogens with two attached hydrogens (primary N) is 1. The second-order valence-corrected chi connectivity index (χ2v) is 4.70. The second-order valence-electron chi connectivity index (χ2n) is 4.70. The Balaban J connectivity index is 2.60. The predicted octanol–water partition coefficient (Wildman–Crippen LogP) is 2.05. The maximum atomic E-state index is 12.1. The summed E-state index contributed by atoms with van der Waals surface area (Å²) in [5.74, 6) is 0.263. The van der Waals surface area contributed by atoms with Crippen molar-refractivity contribution in [1.82, 2.24) is 0 Å². The molecular formula is C15H24N2O4. The van der Waals surface area contributed by atoms with E-state index in [1.54, 1.807) is 25.1 Å². The first-order valence-electron chi connectivity index (χ1n) is 6.95. The standard InChI is InChI=1S/C15H24N2O4/c1-5-20-9-10(2)21-11(3)15(18)17-13-7-6-12(16)8-14(13)19-4/h6-8,10-11H,5,9,16H2,1-4H3,(H,17,18). The molecule has 1 aromatic carbocycles. The average molecular weight is 296 g/mol. The highest BCUT2D eigenvalue weighted by atomic mass is 16.5. The topological polar surface area (TPSA) is 82.8 Å². The van der Waals surface area contributed by atoms with Crippen LogP contribution in [0.3, 0.4) is 0 Å². The molecule has 2 atom stereocenters. The lowest BCUT2D eigenvalue weighted by Gasteiger charge is -2.19. The Bertz CT molecular complexity index is 465. The molecule has 118 valence electrons. The van der Waals surface area contributed by atoms with E-state index >= 15 is 0 Å². The van der Waals surface area contributed by atoms with E-state index in [1.165, 1.54) is 7.11 Å². The largest absolute Gasteiger partial charge is 0.494 e. The number of amides is 1. The molecule has 0 radical (unpaired) electrons. The fraction of sp³-hybridized carbons (Fsp3) is 0.533. The number of benzene rings is 1. The molecule has 0 aliphatic heterocycles. The van der Waals surface area contributed by atoms with E-state index in [0.717, 1.165) is 0 Å². The summed E-state index contributed by atoms with van der Waals surface area (Å²) in [6.07, 6.45) is -0.748. The number of rotatable bonds is 8.